The summed E-state index contributed by atoms with van der Waals surface area (Å²) in [7, 11) is 0. The van der Waals surface area contributed by atoms with Crippen LogP contribution in [0.5, 0.6) is 0 Å². The Kier molecular flexibility index (Phi) is 5.40. The minimum absolute atomic E-state index is 0.194. The highest BCUT2D eigenvalue weighted by Crippen LogP contribution is 2.33. The van der Waals surface area contributed by atoms with E-state index in [1.54, 1.807) is 31.2 Å². The van der Waals surface area contributed by atoms with Crippen LogP contribution in [-0.2, 0) is 5.75 Å². The maximum atomic E-state index is 12.0. The monoisotopic (exact) mass is 400 g/mol. The summed E-state index contributed by atoms with van der Waals surface area (Å²) in [6.45, 7) is 1.71. The molecule has 0 spiro atoms. The third-order valence-electron chi connectivity index (χ3n) is 2.89. The van der Waals surface area contributed by atoms with Gasteiger partial charge in [-0.15, -0.1) is 10.2 Å². The van der Waals surface area contributed by atoms with Gasteiger partial charge < -0.3 is 4.52 Å². The number of thioether (sulfide) groups is 1. The number of hydrogen-bond acceptors (Lipinski definition) is 7. The quantitative estimate of drug-likeness (QED) is 0.494. The first-order chi connectivity index (χ1) is 11.5. The Morgan fingerprint density at radius 2 is 2.08 bits per heavy atom. The van der Waals surface area contributed by atoms with Crippen LogP contribution in [0.1, 0.15) is 21.8 Å². The Bertz CT molecular complexity index is 861. The standard InChI is InChI=1S/C14H10Cl2N4O2S2/c1-7-5-11(20-22-7)12(21)17-13-18-19-14(24-13)23-6-8-9(15)3-2-4-10(8)16/h2-5H,6H2,1H3,(H,17,18,21). The number of anilines is 1. The number of hydrogen-bond donors (Lipinski definition) is 1. The number of nitrogens with zero attached hydrogens (tertiary/aromatic N) is 3. The molecule has 0 radical (unpaired) electrons. The topological polar surface area (TPSA) is 80.9 Å². The van der Waals surface area contributed by atoms with Gasteiger partial charge in [0, 0.05) is 21.9 Å². The number of aryl methyl sites for hydroxylation is 1. The SMILES string of the molecule is Cc1cc(C(=O)Nc2nnc(SCc3c(Cl)cccc3Cl)s2)no1. The van der Waals surface area contributed by atoms with E-state index in [1.165, 1.54) is 23.1 Å². The number of benzene rings is 1. The summed E-state index contributed by atoms with van der Waals surface area (Å²) < 4.78 is 5.56. The largest absolute Gasteiger partial charge is 0.361 e. The highest BCUT2D eigenvalue weighted by molar-refractivity contribution is 8.00. The average molecular weight is 401 g/mol. The van der Waals surface area contributed by atoms with E-state index >= 15 is 0 Å². The molecule has 2 heterocycles. The Hall–Kier alpha value is -1.61. The predicted molar refractivity (Wildman–Crippen MR) is 95.1 cm³/mol. The van der Waals surface area contributed by atoms with Crippen LogP contribution in [-0.4, -0.2) is 21.3 Å². The first kappa shape index (κ1) is 17.2. The molecule has 124 valence electrons. The number of rotatable bonds is 5. The molecule has 6 nitrogen and oxygen atoms in total. The Morgan fingerprint density at radius 3 is 2.75 bits per heavy atom. The zero-order valence-corrected chi connectivity index (χ0v) is 15.4. The summed E-state index contributed by atoms with van der Waals surface area (Å²) in [6.07, 6.45) is 0. The zero-order valence-electron chi connectivity index (χ0n) is 12.2. The molecule has 1 amide bonds. The van der Waals surface area contributed by atoms with Gasteiger partial charge in [-0.1, -0.05) is 57.5 Å². The Balaban J connectivity index is 1.62. The van der Waals surface area contributed by atoms with Gasteiger partial charge in [-0.3, -0.25) is 10.1 Å². The van der Waals surface area contributed by atoms with Gasteiger partial charge in [0.05, 0.1) is 0 Å². The van der Waals surface area contributed by atoms with Gasteiger partial charge in [-0.05, 0) is 24.6 Å². The normalized spacial score (nSPS) is 10.8. The van der Waals surface area contributed by atoms with E-state index in [0.29, 0.717) is 31.0 Å². The van der Waals surface area contributed by atoms with Crippen LogP contribution < -0.4 is 5.32 Å². The van der Waals surface area contributed by atoms with Gasteiger partial charge in [0.2, 0.25) is 5.13 Å². The van der Waals surface area contributed by atoms with E-state index in [9.17, 15) is 4.79 Å². The average Bonchev–Trinajstić information content (AvgIpc) is 3.16. The molecule has 0 aliphatic rings. The Labute approximate surface area is 155 Å². The molecule has 0 fully saturated rings. The van der Waals surface area contributed by atoms with E-state index in [2.05, 4.69) is 20.7 Å². The molecule has 1 aromatic carbocycles. The van der Waals surface area contributed by atoms with Crippen LogP contribution in [0.3, 0.4) is 0 Å². The molecular weight excluding hydrogens is 391 g/mol. The fourth-order valence-corrected chi connectivity index (χ4v) is 4.25. The Morgan fingerprint density at radius 1 is 1.33 bits per heavy atom. The predicted octanol–water partition coefficient (Wildman–Crippen LogP) is 4.69. The van der Waals surface area contributed by atoms with E-state index in [0.717, 1.165) is 5.56 Å². The lowest BCUT2D eigenvalue weighted by Crippen LogP contribution is -2.11. The van der Waals surface area contributed by atoms with Gasteiger partial charge in [0.25, 0.3) is 5.91 Å². The lowest BCUT2D eigenvalue weighted by Gasteiger charge is -2.04. The van der Waals surface area contributed by atoms with E-state index in [-0.39, 0.29) is 5.69 Å². The number of amides is 1. The molecule has 0 bridgehead atoms. The van der Waals surface area contributed by atoms with Gasteiger partial charge in [-0.25, -0.2) is 0 Å². The number of carbonyl (C=O) groups excluding carboxylic acids is 1. The van der Waals surface area contributed by atoms with Crippen LogP contribution in [0, 0.1) is 6.92 Å². The number of halogens is 2. The van der Waals surface area contributed by atoms with Crippen LogP contribution in [0.4, 0.5) is 5.13 Å². The molecular formula is C14H10Cl2N4O2S2. The molecule has 0 unspecified atom stereocenters. The van der Waals surface area contributed by atoms with Crippen molar-refractivity contribution in [3.63, 3.8) is 0 Å². The molecule has 0 saturated carbocycles. The second kappa shape index (κ2) is 7.52. The smallest absolute Gasteiger partial charge is 0.279 e. The molecule has 3 aromatic rings. The zero-order chi connectivity index (χ0) is 17.1. The molecule has 0 atom stereocenters. The highest BCUT2D eigenvalue weighted by Gasteiger charge is 2.14. The van der Waals surface area contributed by atoms with Crippen molar-refractivity contribution in [2.24, 2.45) is 0 Å². The van der Waals surface area contributed by atoms with Crippen LogP contribution in [0.2, 0.25) is 10.0 Å². The molecule has 0 aliphatic heterocycles. The summed E-state index contributed by atoms with van der Waals surface area (Å²) in [5.74, 6) is 0.725. The lowest BCUT2D eigenvalue weighted by atomic mass is 10.2. The van der Waals surface area contributed by atoms with Gasteiger partial charge in [0.15, 0.2) is 10.0 Å². The molecule has 3 rings (SSSR count). The first-order valence-corrected chi connectivity index (χ1v) is 9.22. The van der Waals surface area contributed by atoms with Crippen molar-refractivity contribution in [2.45, 2.75) is 17.0 Å². The summed E-state index contributed by atoms with van der Waals surface area (Å²) in [4.78, 5) is 12.0. The van der Waals surface area contributed by atoms with Crippen molar-refractivity contribution >= 4 is 57.3 Å². The molecule has 0 aliphatic carbocycles. The number of aromatic nitrogens is 3. The minimum Gasteiger partial charge on any atom is -0.361 e. The van der Waals surface area contributed by atoms with Gasteiger partial charge >= 0.3 is 0 Å². The van der Waals surface area contributed by atoms with Gasteiger partial charge in [0.1, 0.15) is 5.76 Å². The molecule has 10 heteroatoms. The van der Waals surface area contributed by atoms with Crippen molar-refractivity contribution in [1.29, 1.82) is 0 Å². The summed E-state index contributed by atoms with van der Waals surface area (Å²) in [5.41, 5.74) is 1.03. The highest BCUT2D eigenvalue weighted by atomic mass is 35.5. The van der Waals surface area contributed by atoms with E-state index < -0.39 is 5.91 Å². The third kappa shape index (κ3) is 4.07. The molecule has 1 N–H and O–H groups in total. The van der Waals surface area contributed by atoms with Crippen LogP contribution in [0.15, 0.2) is 33.1 Å². The lowest BCUT2D eigenvalue weighted by molar-refractivity contribution is 0.101. The maximum absolute atomic E-state index is 12.0. The van der Waals surface area contributed by atoms with Gasteiger partial charge in [-0.2, -0.15) is 0 Å². The van der Waals surface area contributed by atoms with E-state index in [4.69, 9.17) is 27.7 Å². The number of carbonyl (C=O) groups is 1. The van der Waals surface area contributed by atoms with Crippen molar-refractivity contribution < 1.29 is 9.32 Å². The van der Waals surface area contributed by atoms with Crippen LogP contribution >= 0.6 is 46.3 Å². The first-order valence-electron chi connectivity index (χ1n) is 6.67. The van der Waals surface area contributed by atoms with Crippen molar-refractivity contribution in [2.75, 3.05) is 5.32 Å². The fraction of sp³-hybridized carbons (Fsp3) is 0.143. The number of nitrogens with one attached hydrogen (secondary N) is 1. The third-order valence-corrected chi connectivity index (χ3v) is 5.60. The van der Waals surface area contributed by atoms with Crippen molar-refractivity contribution in [1.82, 2.24) is 15.4 Å². The van der Waals surface area contributed by atoms with Crippen LogP contribution in [0.25, 0.3) is 0 Å². The maximum Gasteiger partial charge on any atom is 0.279 e. The minimum atomic E-state index is -0.395. The molecule has 2 aromatic heterocycles. The fourth-order valence-electron chi connectivity index (χ4n) is 1.76. The molecule has 0 saturated heterocycles. The second-order valence-corrected chi connectivity index (χ2v) is 7.65. The summed E-state index contributed by atoms with van der Waals surface area (Å²) in [6, 6.07) is 6.92. The van der Waals surface area contributed by atoms with Crippen molar-refractivity contribution in [3.05, 3.63) is 51.3 Å². The summed E-state index contributed by atoms with van der Waals surface area (Å²) in [5, 5.41) is 15.8. The van der Waals surface area contributed by atoms with E-state index in [1.807, 2.05) is 0 Å². The second-order valence-electron chi connectivity index (χ2n) is 4.64. The van der Waals surface area contributed by atoms with Crippen molar-refractivity contribution in [3.8, 4) is 0 Å². The molecule has 24 heavy (non-hydrogen) atoms. The summed E-state index contributed by atoms with van der Waals surface area (Å²) >= 11 is 15.0.